The SMILES string of the molecule is Cc1cn([C@@H]2O[C@H](CO)[C@@H](O)[C@H]2OCCNC(=O)C(F)(F)F)c(=O)n(COCc2ccccc2)c1=O. The molecule has 3 N–H and O–H groups in total. The Balaban J connectivity index is 1.78. The maximum atomic E-state index is 13.1. The molecule has 0 aliphatic carbocycles. The van der Waals surface area contributed by atoms with E-state index in [9.17, 15) is 37.8 Å². The number of rotatable bonds is 10. The lowest BCUT2D eigenvalue weighted by atomic mass is 10.1. The Hall–Kier alpha value is -3.04. The molecule has 1 aliphatic heterocycles. The fourth-order valence-electron chi connectivity index (χ4n) is 3.62. The average Bonchev–Trinajstić information content (AvgIpc) is 3.16. The Kier molecular flexibility index (Phi) is 9.03. The summed E-state index contributed by atoms with van der Waals surface area (Å²) in [6, 6.07) is 9.04. The molecule has 14 heteroatoms. The van der Waals surface area contributed by atoms with Crippen LogP contribution in [0.25, 0.3) is 0 Å². The van der Waals surface area contributed by atoms with Crippen molar-refractivity contribution < 1.29 is 42.4 Å². The number of alkyl halides is 3. The van der Waals surface area contributed by atoms with E-state index in [1.807, 2.05) is 6.07 Å². The molecule has 1 aromatic carbocycles. The third-order valence-electron chi connectivity index (χ3n) is 5.42. The number of ether oxygens (including phenoxy) is 3. The second-order valence-corrected chi connectivity index (χ2v) is 8.03. The minimum absolute atomic E-state index is 0.126. The van der Waals surface area contributed by atoms with E-state index in [0.29, 0.717) is 0 Å². The molecular weight excluding hydrogens is 491 g/mol. The van der Waals surface area contributed by atoms with Gasteiger partial charge in [-0.3, -0.25) is 14.2 Å². The molecule has 36 heavy (non-hydrogen) atoms. The van der Waals surface area contributed by atoms with E-state index in [4.69, 9.17) is 14.2 Å². The van der Waals surface area contributed by atoms with Gasteiger partial charge in [-0.2, -0.15) is 13.2 Å². The van der Waals surface area contributed by atoms with Gasteiger partial charge < -0.3 is 29.7 Å². The number of nitrogens with one attached hydrogen (secondary N) is 1. The zero-order valence-electron chi connectivity index (χ0n) is 19.2. The molecule has 2 aromatic rings. The van der Waals surface area contributed by atoms with E-state index < -0.39 is 67.6 Å². The Morgan fingerprint density at radius 1 is 1.22 bits per heavy atom. The number of aryl methyl sites for hydroxylation is 1. The molecular formula is C22H26F3N3O8. The molecule has 1 saturated heterocycles. The van der Waals surface area contributed by atoms with Crippen LogP contribution < -0.4 is 16.6 Å². The summed E-state index contributed by atoms with van der Waals surface area (Å²) in [5.41, 5.74) is -0.514. The summed E-state index contributed by atoms with van der Waals surface area (Å²) in [5, 5.41) is 21.6. The quantitative estimate of drug-likeness (QED) is 0.369. The van der Waals surface area contributed by atoms with Crippen LogP contribution in [0.15, 0.2) is 46.1 Å². The molecule has 1 aromatic heterocycles. The highest BCUT2D eigenvalue weighted by Crippen LogP contribution is 2.30. The normalized spacial score (nSPS) is 22.1. The number of hydrogen-bond acceptors (Lipinski definition) is 8. The first-order valence-corrected chi connectivity index (χ1v) is 10.9. The van der Waals surface area contributed by atoms with Crippen LogP contribution >= 0.6 is 0 Å². The van der Waals surface area contributed by atoms with Crippen molar-refractivity contribution in [2.24, 2.45) is 0 Å². The minimum atomic E-state index is -5.07. The lowest BCUT2D eigenvalue weighted by Gasteiger charge is -2.23. The largest absolute Gasteiger partial charge is 0.471 e. The number of aromatic nitrogens is 2. The standard InChI is InChI=1S/C22H26F3N3O8/c1-13-9-27(21(33)28(18(13)31)12-34-11-14-5-3-2-4-6-14)19-17(16(30)15(10-29)36-19)35-8-7-26-20(32)22(23,24)25/h2-6,9,15-17,19,29-30H,7-8,10-12H2,1H3,(H,26,32)/t15-,16-,17-,19-/m1/s1. The monoisotopic (exact) mass is 517 g/mol. The lowest BCUT2D eigenvalue weighted by Crippen LogP contribution is -2.45. The summed E-state index contributed by atoms with van der Waals surface area (Å²) in [6.45, 7) is -0.462. The van der Waals surface area contributed by atoms with Crippen molar-refractivity contribution in [3.05, 3.63) is 68.5 Å². The van der Waals surface area contributed by atoms with Crippen LogP contribution in [0.4, 0.5) is 13.2 Å². The van der Waals surface area contributed by atoms with Crippen molar-refractivity contribution in [2.75, 3.05) is 19.8 Å². The van der Waals surface area contributed by atoms with Crippen LogP contribution in [0, 0.1) is 6.92 Å². The second kappa shape index (κ2) is 11.8. The first-order chi connectivity index (χ1) is 17.0. The van der Waals surface area contributed by atoms with E-state index in [0.717, 1.165) is 14.7 Å². The minimum Gasteiger partial charge on any atom is -0.394 e. The van der Waals surface area contributed by atoms with Crippen molar-refractivity contribution >= 4 is 5.91 Å². The molecule has 4 atom stereocenters. The zero-order chi connectivity index (χ0) is 26.5. The molecule has 1 amide bonds. The van der Waals surface area contributed by atoms with Gasteiger partial charge in [-0.25, -0.2) is 9.36 Å². The van der Waals surface area contributed by atoms with E-state index >= 15 is 0 Å². The first kappa shape index (κ1) is 27.5. The first-order valence-electron chi connectivity index (χ1n) is 10.9. The maximum Gasteiger partial charge on any atom is 0.471 e. The summed E-state index contributed by atoms with van der Waals surface area (Å²) in [4.78, 5) is 36.7. The molecule has 0 bridgehead atoms. The van der Waals surface area contributed by atoms with Gasteiger partial charge in [-0.05, 0) is 12.5 Å². The molecule has 1 fully saturated rings. The average molecular weight is 517 g/mol. The van der Waals surface area contributed by atoms with Gasteiger partial charge in [0, 0.05) is 18.3 Å². The van der Waals surface area contributed by atoms with Crippen LogP contribution in [-0.2, 0) is 32.3 Å². The number of benzene rings is 1. The number of nitrogens with zero attached hydrogens (tertiary/aromatic N) is 2. The third-order valence-corrected chi connectivity index (χ3v) is 5.42. The van der Waals surface area contributed by atoms with E-state index in [1.54, 1.807) is 29.6 Å². The molecule has 0 saturated carbocycles. The summed E-state index contributed by atoms with van der Waals surface area (Å²) >= 11 is 0. The van der Waals surface area contributed by atoms with Crippen LogP contribution in [0.5, 0.6) is 0 Å². The van der Waals surface area contributed by atoms with Crippen LogP contribution in [0.3, 0.4) is 0 Å². The molecule has 1 aliphatic rings. The Labute approximate surface area is 202 Å². The summed E-state index contributed by atoms with van der Waals surface area (Å²) in [5.74, 6) is -2.16. The molecule has 2 heterocycles. The van der Waals surface area contributed by atoms with E-state index in [2.05, 4.69) is 0 Å². The highest BCUT2D eigenvalue weighted by molar-refractivity contribution is 5.81. The van der Waals surface area contributed by atoms with Gasteiger partial charge in [0.2, 0.25) is 0 Å². The fraction of sp³-hybridized carbons (Fsp3) is 0.500. The van der Waals surface area contributed by atoms with Crippen LogP contribution in [-0.4, -0.2) is 69.5 Å². The van der Waals surface area contributed by atoms with Gasteiger partial charge in [-0.1, -0.05) is 30.3 Å². The molecule has 0 spiro atoms. The topological polar surface area (TPSA) is 141 Å². The van der Waals surface area contributed by atoms with Gasteiger partial charge >= 0.3 is 17.8 Å². The van der Waals surface area contributed by atoms with Gasteiger partial charge in [0.05, 0.1) is 19.8 Å². The second-order valence-electron chi connectivity index (χ2n) is 8.03. The van der Waals surface area contributed by atoms with Gasteiger partial charge in [0.25, 0.3) is 5.56 Å². The summed E-state index contributed by atoms with van der Waals surface area (Å²) < 4.78 is 55.4. The predicted molar refractivity (Wildman–Crippen MR) is 117 cm³/mol. The summed E-state index contributed by atoms with van der Waals surface area (Å²) in [6.07, 6.45) is -9.15. The molecule has 198 valence electrons. The third kappa shape index (κ3) is 6.39. The number of carbonyl (C=O) groups is 1. The van der Waals surface area contributed by atoms with Crippen molar-refractivity contribution in [1.82, 2.24) is 14.5 Å². The Morgan fingerprint density at radius 2 is 1.92 bits per heavy atom. The van der Waals surface area contributed by atoms with E-state index in [-0.39, 0.29) is 18.9 Å². The Morgan fingerprint density at radius 3 is 2.56 bits per heavy atom. The number of aliphatic hydroxyl groups is 2. The molecule has 0 radical (unpaired) electrons. The number of amides is 1. The van der Waals surface area contributed by atoms with Gasteiger partial charge in [0.1, 0.15) is 25.0 Å². The molecule has 11 nitrogen and oxygen atoms in total. The van der Waals surface area contributed by atoms with Crippen LogP contribution in [0.2, 0.25) is 0 Å². The molecule has 3 rings (SSSR count). The predicted octanol–water partition coefficient (Wildman–Crippen LogP) is -0.193. The number of hydrogen-bond donors (Lipinski definition) is 3. The summed E-state index contributed by atoms with van der Waals surface area (Å²) in [7, 11) is 0. The Bertz CT molecular complexity index is 1150. The van der Waals surface area contributed by atoms with Crippen molar-refractivity contribution in [2.45, 2.75) is 51.0 Å². The highest BCUT2D eigenvalue weighted by Gasteiger charge is 2.46. The van der Waals surface area contributed by atoms with E-state index in [1.165, 1.54) is 13.1 Å². The smallest absolute Gasteiger partial charge is 0.394 e. The maximum absolute atomic E-state index is 13.1. The van der Waals surface area contributed by atoms with Crippen molar-refractivity contribution in [3.8, 4) is 0 Å². The fourth-order valence-corrected chi connectivity index (χ4v) is 3.62. The van der Waals surface area contributed by atoms with Crippen molar-refractivity contribution in [1.29, 1.82) is 0 Å². The number of halogens is 3. The zero-order valence-corrected chi connectivity index (χ0v) is 19.2. The number of carbonyl (C=O) groups excluding carboxylic acids is 1. The van der Waals surface area contributed by atoms with Crippen LogP contribution in [0.1, 0.15) is 17.4 Å². The van der Waals surface area contributed by atoms with Crippen molar-refractivity contribution in [3.63, 3.8) is 0 Å². The highest BCUT2D eigenvalue weighted by atomic mass is 19.4. The molecule has 0 unspecified atom stereocenters. The number of aliphatic hydroxyl groups excluding tert-OH is 2. The van der Waals surface area contributed by atoms with Gasteiger partial charge in [-0.15, -0.1) is 0 Å². The van der Waals surface area contributed by atoms with Gasteiger partial charge in [0.15, 0.2) is 6.23 Å². The lowest BCUT2D eigenvalue weighted by molar-refractivity contribution is -0.174.